The zero-order chi connectivity index (χ0) is 16.4. The monoisotopic (exact) mass is 329 g/mol. The normalized spacial score (nSPS) is 10.7. The van der Waals surface area contributed by atoms with Crippen molar-refractivity contribution in [3.63, 3.8) is 0 Å². The van der Waals surface area contributed by atoms with Gasteiger partial charge in [0.25, 0.3) is 0 Å². The van der Waals surface area contributed by atoms with E-state index in [0.29, 0.717) is 5.82 Å². The van der Waals surface area contributed by atoms with Crippen LogP contribution in [0.15, 0.2) is 89.8 Å². The first kappa shape index (κ1) is 14.7. The van der Waals surface area contributed by atoms with Crippen LogP contribution in [0.3, 0.4) is 0 Å². The largest absolute Gasteiger partial charge is 0.213 e. The number of benzene rings is 3. The molecule has 0 aliphatic carbocycles. The predicted octanol–water partition coefficient (Wildman–Crippen LogP) is 4.89. The Labute approximate surface area is 146 Å². The third kappa shape index (κ3) is 2.72. The summed E-state index contributed by atoms with van der Waals surface area (Å²) in [6, 6.07) is 28.0. The molecule has 0 aliphatic rings. The second kappa shape index (κ2) is 6.34. The zero-order valence-corrected chi connectivity index (χ0v) is 13.8. The molecule has 0 saturated heterocycles. The molecule has 0 amide bonds. The van der Waals surface area contributed by atoms with Gasteiger partial charge < -0.3 is 0 Å². The lowest BCUT2D eigenvalue weighted by atomic mass is 10.2. The molecule has 0 aliphatic heterocycles. The molecule has 0 saturated carbocycles. The first-order valence-electron chi connectivity index (χ1n) is 7.69. The zero-order valence-electron chi connectivity index (χ0n) is 12.9. The fraction of sp³-hybridized carbons (Fsp3) is 0. The van der Waals surface area contributed by atoms with E-state index in [0.717, 1.165) is 27.5 Å². The first-order valence-corrected chi connectivity index (χ1v) is 8.14. The van der Waals surface area contributed by atoms with E-state index in [9.17, 15) is 0 Å². The van der Waals surface area contributed by atoms with Gasteiger partial charge >= 0.3 is 0 Å². The summed E-state index contributed by atoms with van der Waals surface area (Å²) in [5.74, 6) is 1.48. The number of rotatable bonds is 3. The van der Waals surface area contributed by atoms with Crippen molar-refractivity contribution in [3.8, 4) is 28.5 Å². The van der Waals surface area contributed by atoms with Gasteiger partial charge in [-0.1, -0.05) is 60.7 Å². The summed E-state index contributed by atoms with van der Waals surface area (Å²) in [5.41, 5.74) is 2.93. The summed E-state index contributed by atoms with van der Waals surface area (Å²) in [6.07, 6.45) is 0. The Bertz CT molecular complexity index is 906. The lowest BCUT2D eigenvalue weighted by Crippen LogP contribution is -1.99. The second-order valence-electron chi connectivity index (χ2n) is 5.39. The van der Waals surface area contributed by atoms with E-state index in [2.05, 4.69) is 12.6 Å². The van der Waals surface area contributed by atoms with E-state index < -0.39 is 0 Å². The van der Waals surface area contributed by atoms with Crippen LogP contribution in [0.25, 0.3) is 28.5 Å². The molecule has 3 nitrogen and oxygen atoms in total. The summed E-state index contributed by atoms with van der Waals surface area (Å²) >= 11 is 4.54. The van der Waals surface area contributed by atoms with Gasteiger partial charge in [0.15, 0.2) is 11.6 Å². The lowest BCUT2D eigenvalue weighted by molar-refractivity contribution is 0.889. The van der Waals surface area contributed by atoms with Crippen LogP contribution in [0.5, 0.6) is 0 Å². The van der Waals surface area contributed by atoms with Crippen molar-refractivity contribution in [1.82, 2.24) is 14.8 Å². The van der Waals surface area contributed by atoms with Crippen LogP contribution >= 0.6 is 12.6 Å². The predicted molar refractivity (Wildman–Crippen MR) is 99.5 cm³/mol. The maximum atomic E-state index is 4.79. The van der Waals surface area contributed by atoms with Crippen LogP contribution in [0.2, 0.25) is 0 Å². The van der Waals surface area contributed by atoms with Crippen LogP contribution in [-0.4, -0.2) is 14.8 Å². The number of hydrogen-bond acceptors (Lipinski definition) is 3. The van der Waals surface area contributed by atoms with Crippen molar-refractivity contribution < 1.29 is 0 Å². The van der Waals surface area contributed by atoms with Crippen LogP contribution < -0.4 is 0 Å². The van der Waals surface area contributed by atoms with Gasteiger partial charge in [0, 0.05) is 16.0 Å². The van der Waals surface area contributed by atoms with Crippen LogP contribution in [0, 0.1) is 0 Å². The van der Waals surface area contributed by atoms with Crippen LogP contribution in [0.4, 0.5) is 0 Å². The quantitative estimate of drug-likeness (QED) is 0.543. The minimum atomic E-state index is 0.670. The minimum Gasteiger partial charge on any atom is -0.213 e. The molecule has 0 N–H and O–H groups in total. The molecular formula is C20H15N3S. The molecule has 1 heterocycles. The van der Waals surface area contributed by atoms with E-state index in [1.54, 1.807) is 0 Å². The van der Waals surface area contributed by atoms with Gasteiger partial charge in [-0.25, -0.2) is 9.67 Å². The maximum Gasteiger partial charge on any atom is 0.183 e. The molecule has 0 radical (unpaired) electrons. The Kier molecular flexibility index (Phi) is 3.89. The Morgan fingerprint density at radius 3 is 2.04 bits per heavy atom. The molecular weight excluding hydrogens is 314 g/mol. The molecule has 24 heavy (non-hydrogen) atoms. The fourth-order valence-electron chi connectivity index (χ4n) is 2.61. The third-order valence-electron chi connectivity index (χ3n) is 3.78. The van der Waals surface area contributed by atoms with Gasteiger partial charge in [0.1, 0.15) is 0 Å². The van der Waals surface area contributed by atoms with Gasteiger partial charge in [-0.05, 0) is 24.3 Å². The molecule has 4 aromatic rings. The molecule has 0 unspecified atom stereocenters. The molecule has 0 fully saturated rings. The lowest BCUT2D eigenvalue weighted by Gasteiger charge is -2.05. The van der Waals surface area contributed by atoms with E-state index >= 15 is 0 Å². The van der Waals surface area contributed by atoms with Crippen molar-refractivity contribution in [1.29, 1.82) is 0 Å². The number of para-hydroxylation sites is 1. The Balaban J connectivity index is 1.94. The summed E-state index contributed by atoms with van der Waals surface area (Å²) in [4.78, 5) is 5.65. The maximum absolute atomic E-state index is 4.79. The molecule has 0 spiro atoms. The smallest absolute Gasteiger partial charge is 0.183 e. The van der Waals surface area contributed by atoms with Gasteiger partial charge in [-0.3, -0.25) is 0 Å². The first-order chi connectivity index (χ1) is 11.8. The SMILES string of the molecule is Sc1ccccc1-c1nc(-c2ccccc2)n(-c2ccccc2)n1. The fourth-order valence-corrected chi connectivity index (χ4v) is 2.87. The topological polar surface area (TPSA) is 30.7 Å². The molecule has 4 rings (SSSR count). The average molecular weight is 329 g/mol. The van der Waals surface area contributed by atoms with Crippen molar-refractivity contribution in [2.24, 2.45) is 0 Å². The summed E-state index contributed by atoms with van der Waals surface area (Å²) in [5, 5.41) is 4.74. The molecule has 3 aromatic carbocycles. The molecule has 4 heteroatoms. The summed E-state index contributed by atoms with van der Waals surface area (Å²) < 4.78 is 1.88. The minimum absolute atomic E-state index is 0.670. The van der Waals surface area contributed by atoms with Gasteiger partial charge in [0.2, 0.25) is 0 Å². The molecule has 0 bridgehead atoms. The van der Waals surface area contributed by atoms with Crippen LogP contribution in [0.1, 0.15) is 0 Å². The average Bonchev–Trinajstić information content (AvgIpc) is 3.09. The van der Waals surface area contributed by atoms with E-state index in [1.165, 1.54) is 0 Å². The number of aromatic nitrogens is 3. The van der Waals surface area contributed by atoms with E-state index in [4.69, 9.17) is 10.1 Å². The van der Waals surface area contributed by atoms with Gasteiger partial charge in [-0.15, -0.1) is 17.7 Å². The Hall–Kier alpha value is -2.85. The van der Waals surface area contributed by atoms with Crippen molar-refractivity contribution in [2.45, 2.75) is 4.90 Å². The highest BCUT2D eigenvalue weighted by Crippen LogP contribution is 2.28. The highest BCUT2D eigenvalue weighted by atomic mass is 32.1. The number of thiol groups is 1. The highest BCUT2D eigenvalue weighted by Gasteiger charge is 2.15. The van der Waals surface area contributed by atoms with Crippen molar-refractivity contribution >= 4 is 12.6 Å². The van der Waals surface area contributed by atoms with Gasteiger partial charge in [0.05, 0.1) is 5.69 Å². The van der Waals surface area contributed by atoms with E-state index in [1.807, 2.05) is 89.6 Å². The van der Waals surface area contributed by atoms with E-state index in [-0.39, 0.29) is 0 Å². The second-order valence-corrected chi connectivity index (χ2v) is 5.87. The Morgan fingerprint density at radius 1 is 0.708 bits per heavy atom. The molecule has 0 atom stereocenters. The number of nitrogens with zero attached hydrogens (tertiary/aromatic N) is 3. The molecule has 1 aromatic heterocycles. The molecule has 116 valence electrons. The van der Waals surface area contributed by atoms with Crippen molar-refractivity contribution in [2.75, 3.05) is 0 Å². The third-order valence-corrected chi connectivity index (χ3v) is 4.17. The Morgan fingerprint density at radius 2 is 1.33 bits per heavy atom. The standard InChI is InChI=1S/C20H15N3S/c24-18-14-8-7-13-17(18)19-21-20(15-9-3-1-4-10-15)23(22-19)16-11-5-2-6-12-16/h1-14,24H. The van der Waals surface area contributed by atoms with Gasteiger partial charge in [-0.2, -0.15) is 0 Å². The van der Waals surface area contributed by atoms with Crippen LogP contribution in [-0.2, 0) is 0 Å². The summed E-state index contributed by atoms with van der Waals surface area (Å²) in [7, 11) is 0. The number of hydrogen-bond donors (Lipinski definition) is 1. The van der Waals surface area contributed by atoms with Crippen molar-refractivity contribution in [3.05, 3.63) is 84.9 Å². The summed E-state index contributed by atoms with van der Waals surface area (Å²) in [6.45, 7) is 0. The highest BCUT2D eigenvalue weighted by molar-refractivity contribution is 7.80.